The van der Waals surface area contributed by atoms with E-state index < -0.39 is 0 Å². The van der Waals surface area contributed by atoms with E-state index in [4.69, 9.17) is 26.8 Å². The van der Waals surface area contributed by atoms with E-state index >= 15 is 0 Å². The van der Waals surface area contributed by atoms with E-state index in [0.29, 0.717) is 0 Å². The zero-order valence-corrected chi connectivity index (χ0v) is 11.0. The van der Waals surface area contributed by atoms with Crippen molar-refractivity contribution >= 4 is 11.6 Å². The largest absolute Gasteiger partial charge is 0.493 e. The number of hydrogen-bond donors (Lipinski definition) is 1. The fourth-order valence-electron chi connectivity index (χ4n) is 3.02. The maximum atomic E-state index is 6.42. The summed E-state index contributed by atoms with van der Waals surface area (Å²) in [5, 5.41) is 0.764. The molecule has 3 nitrogen and oxygen atoms in total. The average molecular weight is 266 g/mol. The molecule has 0 unspecified atom stereocenters. The van der Waals surface area contributed by atoms with E-state index in [1.807, 2.05) is 0 Å². The van der Waals surface area contributed by atoms with E-state index in [0.717, 1.165) is 67.4 Å². The van der Waals surface area contributed by atoms with Gasteiger partial charge >= 0.3 is 0 Å². The molecule has 1 aromatic carbocycles. The van der Waals surface area contributed by atoms with Crippen LogP contribution in [0.25, 0.3) is 0 Å². The van der Waals surface area contributed by atoms with Crippen LogP contribution in [-0.2, 0) is 19.3 Å². The third kappa shape index (κ3) is 1.47. The molecule has 1 aliphatic carbocycles. The second-order valence-corrected chi connectivity index (χ2v) is 6.02. The SMILES string of the molecule is NC1(Cc2c3c(c(Cl)c4c2OCC4)OCC3)CC1. The van der Waals surface area contributed by atoms with Crippen molar-refractivity contribution in [3.63, 3.8) is 0 Å². The van der Waals surface area contributed by atoms with Crippen molar-refractivity contribution in [1.29, 1.82) is 0 Å². The zero-order chi connectivity index (χ0) is 12.3. The summed E-state index contributed by atoms with van der Waals surface area (Å²) >= 11 is 6.42. The summed E-state index contributed by atoms with van der Waals surface area (Å²) in [4.78, 5) is 0. The van der Waals surface area contributed by atoms with Crippen LogP contribution in [0.4, 0.5) is 0 Å². The number of hydrogen-bond acceptors (Lipinski definition) is 3. The van der Waals surface area contributed by atoms with E-state index in [1.54, 1.807) is 0 Å². The van der Waals surface area contributed by atoms with Crippen molar-refractivity contribution in [2.75, 3.05) is 13.2 Å². The van der Waals surface area contributed by atoms with Gasteiger partial charge in [-0.3, -0.25) is 0 Å². The summed E-state index contributed by atoms with van der Waals surface area (Å²) in [5.41, 5.74) is 9.88. The fraction of sp³-hybridized carbons (Fsp3) is 0.571. The number of benzene rings is 1. The zero-order valence-electron chi connectivity index (χ0n) is 10.2. The first-order valence-corrected chi connectivity index (χ1v) is 6.96. The molecule has 2 heterocycles. The molecule has 2 N–H and O–H groups in total. The molecule has 0 atom stereocenters. The maximum absolute atomic E-state index is 6.42. The molecule has 4 rings (SSSR count). The van der Waals surface area contributed by atoms with Gasteiger partial charge in [-0.05, 0) is 19.3 Å². The van der Waals surface area contributed by atoms with Crippen molar-refractivity contribution in [2.45, 2.75) is 37.6 Å². The monoisotopic (exact) mass is 265 g/mol. The Labute approximate surface area is 111 Å². The van der Waals surface area contributed by atoms with Gasteiger partial charge in [0.25, 0.3) is 0 Å². The van der Waals surface area contributed by atoms with Crippen molar-refractivity contribution < 1.29 is 9.47 Å². The molecule has 0 aromatic heterocycles. The molecule has 96 valence electrons. The Bertz CT molecular complexity index is 502. The van der Waals surface area contributed by atoms with E-state index in [-0.39, 0.29) is 5.54 Å². The minimum absolute atomic E-state index is 0.0100. The van der Waals surface area contributed by atoms with Gasteiger partial charge in [-0.1, -0.05) is 11.6 Å². The predicted octanol–water partition coefficient (Wildman–Crippen LogP) is 2.24. The topological polar surface area (TPSA) is 44.5 Å². The van der Waals surface area contributed by atoms with Gasteiger partial charge in [0.2, 0.25) is 0 Å². The van der Waals surface area contributed by atoms with Crippen molar-refractivity contribution in [3.05, 3.63) is 21.7 Å². The van der Waals surface area contributed by atoms with E-state index in [1.165, 1.54) is 11.1 Å². The lowest BCUT2D eigenvalue weighted by Crippen LogP contribution is -2.25. The second kappa shape index (κ2) is 3.55. The standard InChI is InChI=1S/C14H16ClNO2/c15-11-9-2-6-17-12(9)10(7-14(16)3-4-14)8-1-5-18-13(8)11/h1-7,16H2. The van der Waals surface area contributed by atoms with Gasteiger partial charge in [0, 0.05) is 35.1 Å². The third-order valence-electron chi connectivity index (χ3n) is 4.27. The Kier molecular flexibility index (Phi) is 2.16. The molecule has 1 saturated carbocycles. The molecule has 0 radical (unpaired) electrons. The molecule has 3 aliphatic rings. The molecular formula is C14H16ClNO2. The first kappa shape index (κ1) is 10.9. The molecule has 4 heteroatoms. The summed E-state index contributed by atoms with van der Waals surface area (Å²) in [6.45, 7) is 1.45. The minimum atomic E-state index is -0.0100. The normalized spacial score (nSPS) is 22.1. The van der Waals surface area contributed by atoms with Gasteiger partial charge in [0.1, 0.15) is 11.5 Å². The number of rotatable bonds is 2. The summed E-state index contributed by atoms with van der Waals surface area (Å²) in [5.74, 6) is 1.89. The number of fused-ring (bicyclic) bond motifs is 2. The molecule has 1 aromatic rings. The Balaban J connectivity index is 1.90. The molecule has 0 spiro atoms. The Hall–Kier alpha value is -0.930. The third-order valence-corrected chi connectivity index (χ3v) is 4.67. The van der Waals surface area contributed by atoms with E-state index in [9.17, 15) is 0 Å². The Morgan fingerprint density at radius 2 is 1.72 bits per heavy atom. The van der Waals surface area contributed by atoms with Crippen LogP contribution in [0, 0.1) is 0 Å². The summed E-state index contributed by atoms with van der Waals surface area (Å²) in [6.07, 6.45) is 4.94. The van der Waals surface area contributed by atoms with Crippen LogP contribution in [0.1, 0.15) is 29.5 Å². The summed E-state index contributed by atoms with van der Waals surface area (Å²) in [6, 6.07) is 0. The maximum Gasteiger partial charge on any atom is 0.142 e. The lowest BCUT2D eigenvalue weighted by atomic mass is 9.94. The number of nitrogens with two attached hydrogens (primary N) is 1. The lowest BCUT2D eigenvalue weighted by molar-refractivity contribution is 0.351. The van der Waals surface area contributed by atoms with Gasteiger partial charge < -0.3 is 15.2 Å². The number of ether oxygens (including phenoxy) is 2. The minimum Gasteiger partial charge on any atom is -0.493 e. The lowest BCUT2D eigenvalue weighted by Gasteiger charge is -2.17. The van der Waals surface area contributed by atoms with Crippen LogP contribution in [0.5, 0.6) is 11.5 Å². The van der Waals surface area contributed by atoms with Crippen molar-refractivity contribution in [2.24, 2.45) is 5.73 Å². The highest BCUT2D eigenvalue weighted by molar-refractivity contribution is 6.33. The van der Waals surface area contributed by atoms with Crippen LogP contribution < -0.4 is 15.2 Å². The van der Waals surface area contributed by atoms with Crippen LogP contribution in [0.3, 0.4) is 0 Å². The molecule has 2 aliphatic heterocycles. The van der Waals surface area contributed by atoms with Crippen LogP contribution in [0.2, 0.25) is 5.02 Å². The van der Waals surface area contributed by atoms with Gasteiger partial charge in [0.05, 0.1) is 18.2 Å². The Morgan fingerprint density at radius 3 is 2.44 bits per heavy atom. The van der Waals surface area contributed by atoms with Crippen LogP contribution in [-0.4, -0.2) is 18.8 Å². The predicted molar refractivity (Wildman–Crippen MR) is 69.7 cm³/mol. The highest BCUT2D eigenvalue weighted by atomic mass is 35.5. The smallest absolute Gasteiger partial charge is 0.142 e. The first-order chi connectivity index (χ1) is 8.68. The second-order valence-electron chi connectivity index (χ2n) is 5.64. The molecule has 0 bridgehead atoms. The van der Waals surface area contributed by atoms with Crippen LogP contribution in [0.15, 0.2) is 0 Å². The quantitative estimate of drug-likeness (QED) is 0.892. The Morgan fingerprint density at radius 1 is 1.06 bits per heavy atom. The molecular weight excluding hydrogens is 250 g/mol. The molecule has 0 saturated heterocycles. The van der Waals surface area contributed by atoms with Gasteiger partial charge in [0.15, 0.2) is 0 Å². The average Bonchev–Trinajstić information content (AvgIpc) is 2.87. The fourth-order valence-corrected chi connectivity index (χ4v) is 3.37. The van der Waals surface area contributed by atoms with Crippen molar-refractivity contribution in [3.8, 4) is 11.5 Å². The molecule has 1 fully saturated rings. The van der Waals surface area contributed by atoms with Gasteiger partial charge in [-0.15, -0.1) is 0 Å². The highest BCUT2D eigenvalue weighted by Gasteiger charge is 2.41. The van der Waals surface area contributed by atoms with Crippen LogP contribution >= 0.6 is 11.6 Å². The highest BCUT2D eigenvalue weighted by Crippen LogP contribution is 2.49. The summed E-state index contributed by atoms with van der Waals surface area (Å²) in [7, 11) is 0. The van der Waals surface area contributed by atoms with E-state index in [2.05, 4.69) is 0 Å². The molecule has 0 amide bonds. The van der Waals surface area contributed by atoms with Gasteiger partial charge in [-0.25, -0.2) is 0 Å². The number of halogens is 1. The molecule has 18 heavy (non-hydrogen) atoms. The summed E-state index contributed by atoms with van der Waals surface area (Å²) < 4.78 is 11.5. The first-order valence-electron chi connectivity index (χ1n) is 6.58. The van der Waals surface area contributed by atoms with Crippen molar-refractivity contribution in [1.82, 2.24) is 0 Å². The van der Waals surface area contributed by atoms with Gasteiger partial charge in [-0.2, -0.15) is 0 Å².